The molecule has 1 aromatic carbocycles. The maximum Gasteiger partial charge on any atom is 0.127 e. The number of halogens is 2. The van der Waals surface area contributed by atoms with E-state index in [1.807, 2.05) is 25.1 Å². The van der Waals surface area contributed by atoms with E-state index in [2.05, 4.69) is 25.5 Å². The van der Waals surface area contributed by atoms with Crippen LogP contribution >= 0.6 is 27.5 Å². The lowest BCUT2D eigenvalue weighted by molar-refractivity contribution is 0.0667. The molecule has 110 valence electrons. The Labute approximate surface area is 132 Å². The molecule has 0 radical (unpaired) electrons. The first kappa shape index (κ1) is 15.8. The fourth-order valence-corrected chi connectivity index (χ4v) is 2.58. The molecule has 0 bridgehead atoms. The monoisotopic (exact) mass is 360 g/mol. The molecule has 20 heavy (non-hydrogen) atoms. The zero-order chi connectivity index (χ0) is 14.5. The van der Waals surface area contributed by atoms with Crippen LogP contribution < -0.4 is 0 Å². The molecule has 2 rings (SSSR count). The Kier molecular flexibility index (Phi) is 5.84. The van der Waals surface area contributed by atoms with Gasteiger partial charge in [0.05, 0.1) is 36.2 Å². The van der Waals surface area contributed by atoms with Crippen LogP contribution in [0.3, 0.4) is 0 Å². The maximum atomic E-state index is 6.23. The largest absolute Gasteiger partial charge is 0.382 e. The molecule has 1 heterocycles. The highest BCUT2D eigenvalue weighted by molar-refractivity contribution is 9.10. The van der Waals surface area contributed by atoms with E-state index in [-0.39, 0.29) is 5.38 Å². The summed E-state index contributed by atoms with van der Waals surface area (Å²) in [7, 11) is 1.66. The van der Waals surface area contributed by atoms with Crippen LogP contribution in [0.5, 0.6) is 0 Å². The Bertz CT molecular complexity index is 572. The summed E-state index contributed by atoms with van der Waals surface area (Å²) in [6, 6.07) is 6.06. The molecule has 0 spiro atoms. The van der Waals surface area contributed by atoms with E-state index in [0.717, 1.165) is 27.9 Å². The second-order valence-corrected chi connectivity index (χ2v) is 6.05. The van der Waals surface area contributed by atoms with E-state index in [0.29, 0.717) is 19.8 Å². The standard InChI is InChI=1S/C14H18BrClN2O2/c1-10(16)14-17-12-9-11(15)3-4-13(12)18(14)5-6-20-8-7-19-2/h3-4,9-10H,5-8H2,1-2H3. The number of imidazole rings is 1. The Hall–Kier alpha value is -0.620. The van der Waals surface area contributed by atoms with Crippen molar-refractivity contribution in [2.24, 2.45) is 0 Å². The minimum absolute atomic E-state index is 0.139. The topological polar surface area (TPSA) is 36.3 Å². The number of hydrogen-bond donors (Lipinski definition) is 0. The summed E-state index contributed by atoms with van der Waals surface area (Å²) in [5.41, 5.74) is 2.02. The van der Waals surface area contributed by atoms with E-state index >= 15 is 0 Å². The fraction of sp³-hybridized carbons (Fsp3) is 0.500. The van der Waals surface area contributed by atoms with E-state index in [4.69, 9.17) is 21.1 Å². The molecule has 4 nitrogen and oxygen atoms in total. The third-order valence-corrected chi connectivity index (χ3v) is 3.68. The predicted molar refractivity (Wildman–Crippen MR) is 84.4 cm³/mol. The molecule has 1 unspecified atom stereocenters. The number of ether oxygens (including phenoxy) is 2. The van der Waals surface area contributed by atoms with Crippen LogP contribution in [0, 0.1) is 0 Å². The highest BCUT2D eigenvalue weighted by Gasteiger charge is 2.14. The van der Waals surface area contributed by atoms with Gasteiger partial charge in [-0.15, -0.1) is 11.6 Å². The second kappa shape index (κ2) is 7.41. The highest BCUT2D eigenvalue weighted by Crippen LogP contribution is 2.26. The average Bonchev–Trinajstić information content (AvgIpc) is 2.76. The van der Waals surface area contributed by atoms with Gasteiger partial charge in [-0.3, -0.25) is 0 Å². The summed E-state index contributed by atoms with van der Waals surface area (Å²) in [6.07, 6.45) is 0. The maximum absolute atomic E-state index is 6.23. The Morgan fingerprint density at radius 1 is 1.35 bits per heavy atom. The van der Waals surface area contributed by atoms with Crippen molar-refractivity contribution in [2.75, 3.05) is 26.9 Å². The van der Waals surface area contributed by atoms with Gasteiger partial charge in [-0.05, 0) is 25.1 Å². The third-order valence-electron chi connectivity index (χ3n) is 2.99. The van der Waals surface area contributed by atoms with Gasteiger partial charge in [-0.25, -0.2) is 4.98 Å². The van der Waals surface area contributed by atoms with Gasteiger partial charge in [0.1, 0.15) is 5.82 Å². The number of alkyl halides is 1. The van der Waals surface area contributed by atoms with Gasteiger partial charge in [-0.2, -0.15) is 0 Å². The third kappa shape index (κ3) is 3.73. The van der Waals surface area contributed by atoms with Gasteiger partial charge in [0.25, 0.3) is 0 Å². The van der Waals surface area contributed by atoms with Crippen molar-refractivity contribution >= 4 is 38.6 Å². The first-order chi connectivity index (χ1) is 9.63. The summed E-state index contributed by atoms with van der Waals surface area (Å²) in [6.45, 7) is 4.48. The smallest absolute Gasteiger partial charge is 0.127 e. The lowest BCUT2D eigenvalue weighted by Crippen LogP contribution is -2.12. The number of hydrogen-bond acceptors (Lipinski definition) is 3. The quantitative estimate of drug-likeness (QED) is 0.556. The van der Waals surface area contributed by atoms with Crippen molar-refractivity contribution in [3.05, 3.63) is 28.5 Å². The molecule has 0 saturated carbocycles. The van der Waals surface area contributed by atoms with E-state index in [9.17, 15) is 0 Å². The first-order valence-electron chi connectivity index (χ1n) is 6.50. The lowest BCUT2D eigenvalue weighted by atomic mass is 10.3. The SMILES string of the molecule is COCCOCCn1c(C(C)Cl)nc2cc(Br)ccc21. The Morgan fingerprint density at radius 2 is 2.15 bits per heavy atom. The number of rotatable bonds is 7. The summed E-state index contributed by atoms with van der Waals surface area (Å²) >= 11 is 9.69. The number of methoxy groups -OCH3 is 1. The molecule has 0 amide bonds. The molecule has 2 aromatic rings. The number of aromatic nitrogens is 2. The summed E-state index contributed by atoms with van der Waals surface area (Å²) in [4.78, 5) is 4.61. The van der Waals surface area contributed by atoms with Crippen molar-refractivity contribution < 1.29 is 9.47 Å². The predicted octanol–water partition coefficient (Wildman–Crippen LogP) is 3.76. The molecular formula is C14H18BrClN2O2. The minimum atomic E-state index is -0.139. The number of fused-ring (bicyclic) bond motifs is 1. The van der Waals surface area contributed by atoms with Crippen LogP contribution in [0.2, 0.25) is 0 Å². The van der Waals surface area contributed by atoms with Crippen LogP contribution in [0.15, 0.2) is 22.7 Å². The van der Waals surface area contributed by atoms with E-state index in [1.54, 1.807) is 7.11 Å². The molecule has 0 aliphatic rings. The van der Waals surface area contributed by atoms with Crippen molar-refractivity contribution in [1.29, 1.82) is 0 Å². The summed E-state index contributed by atoms with van der Waals surface area (Å²) in [5.74, 6) is 0.870. The average molecular weight is 362 g/mol. The van der Waals surface area contributed by atoms with Gasteiger partial charge in [-0.1, -0.05) is 15.9 Å². The van der Waals surface area contributed by atoms with Crippen LogP contribution in [0.25, 0.3) is 11.0 Å². The number of nitrogens with zero attached hydrogens (tertiary/aromatic N) is 2. The molecule has 0 fully saturated rings. The fourth-order valence-electron chi connectivity index (χ4n) is 2.06. The highest BCUT2D eigenvalue weighted by atomic mass is 79.9. The zero-order valence-corrected chi connectivity index (χ0v) is 13.9. The Balaban J connectivity index is 2.18. The van der Waals surface area contributed by atoms with Crippen LogP contribution in [-0.4, -0.2) is 36.5 Å². The Morgan fingerprint density at radius 3 is 2.85 bits per heavy atom. The first-order valence-corrected chi connectivity index (χ1v) is 7.73. The van der Waals surface area contributed by atoms with Crippen molar-refractivity contribution in [3.63, 3.8) is 0 Å². The van der Waals surface area contributed by atoms with Crippen molar-refractivity contribution in [1.82, 2.24) is 9.55 Å². The molecule has 1 aromatic heterocycles. The van der Waals surface area contributed by atoms with Gasteiger partial charge < -0.3 is 14.0 Å². The second-order valence-electron chi connectivity index (χ2n) is 4.48. The molecule has 0 aliphatic heterocycles. The zero-order valence-electron chi connectivity index (χ0n) is 11.6. The summed E-state index contributed by atoms with van der Waals surface area (Å²) in [5, 5.41) is -0.139. The lowest BCUT2D eigenvalue weighted by Gasteiger charge is -2.11. The molecule has 6 heteroatoms. The molecule has 0 N–H and O–H groups in total. The molecule has 1 atom stereocenters. The molecule has 0 aliphatic carbocycles. The van der Waals surface area contributed by atoms with E-state index in [1.165, 1.54) is 0 Å². The van der Waals surface area contributed by atoms with Crippen LogP contribution in [0.1, 0.15) is 18.1 Å². The normalized spacial score (nSPS) is 13.0. The van der Waals surface area contributed by atoms with Crippen LogP contribution in [-0.2, 0) is 16.0 Å². The minimum Gasteiger partial charge on any atom is -0.382 e. The van der Waals surface area contributed by atoms with Crippen molar-refractivity contribution in [2.45, 2.75) is 18.8 Å². The van der Waals surface area contributed by atoms with E-state index < -0.39 is 0 Å². The summed E-state index contributed by atoms with van der Waals surface area (Å²) < 4.78 is 13.6. The van der Waals surface area contributed by atoms with Gasteiger partial charge in [0, 0.05) is 18.1 Å². The van der Waals surface area contributed by atoms with Gasteiger partial charge >= 0.3 is 0 Å². The molecular weight excluding hydrogens is 344 g/mol. The van der Waals surface area contributed by atoms with Crippen molar-refractivity contribution in [3.8, 4) is 0 Å². The number of benzene rings is 1. The molecule has 0 saturated heterocycles. The van der Waals surface area contributed by atoms with Gasteiger partial charge in [0.2, 0.25) is 0 Å². The van der Waals surface area contributed by atoms with Crippen LogP contribution in [0.4, 0.5) is 0 Å². The van der Waals surface area contributed by atoms with Gasteiger partial charge in [0.15, 0.2) is 0 Å².